The lowest BCUT2D eigenvalue weighted by Crippen LogP contribution is -1.97. The molecule has 1 aromatic carbocycles. The lowest BCUT2D eigenvalue weighted by Gasteiger charge is -2.06. The minimum atomic E-state index is -0.963. The van der Waals surface area contributed by atoms with Gasteiger partial charge in [0.2, 0.25) is 0 Å². The SMILES string of the molecule is [CH2]C(CF)c1ccc(F)c(F)c1. The largest absolute Gasteiger partial charge is 0.250 e. The Hall–Kier alpha value is -0.990. The summed E-state index contributed by atoms with van der Waals surface area (Å²) in [4.78, 5) is 0. The summed E-state index contributed by atoms with van der Waals surface area (Å²) < 4.78 is 37.0. The maximum absolute atomic E-state index is 12.6. The predicted molar refractivity (Wildman–Crippen MR) is 40.4 cm³/mol. The molecule has 0 aromatic heterocycles. The molecule has 0 aliphatic rings. The van der Waals surface area contributed by atoms with Crippen molar-refractivity contribution in [3.63, 3.8) is 0 Å². The Balaban J connectivity index is 2.96. The molecule has 0 saturated heterocycles. The molecule has 0 spiro atoms. The highest BCUT2D eigenvalue weighted by atomic mass is 19.2. The number of alkyl halides is 1. The van der Waals surface area contributed by atoms with Gasteiger partial charge in [0, 0.05) is 5.92 Å². The molecule has 65 valence electrons. The van der Waals surface area contributed by atoms with Gasteiger partial charge in [-0.05, 0) is 24.6 Å². The second-order valence-electron chi connectivity index (χ2n) is 2.52. The molecule has 12 heavy (non-hydrogen) atoms. The Morgan fingerprint density at radius 2 is 1.92 bits per heavy atom. The maximum atomic E-state index is 12.6. The summed E-state index contributed by atoms with van der Waals surface area (Å²) in [5.41, 5.74) is 0.372. The molecular formula is C9H8F3. The molecule has 1 aromatic rings. The quantitative estimate of drug-likeness (QED) is 0.645. The van der Waals surface area contributed by atoms with Crippen molar-refractivity contribution in [2.75, 3.05) is 6.67 Å². The van der Waals surface area contributed by atoms with E-state index in [0.29, 0.717) is 5.56 Å². The van der Waals surface area contributed by atoms with Gasteiger partial charge in [-0.2, -0.15) is 0 Å². The Kier molecular flexibility index (Phi) is 2.74. The summed E-state index contributed by atoms with van der Waals surface area (Å²) in [6.07, 6.45) is 0. The second kappa shape index (κ2) is 3.61. The summed E-state index contributed by atoms with van der Waals surface area (Å²) in [6.45, 7) is 2.76. The third kappa shape index (κ3) is 1.78. The molecule has 0 aliphatic carbocycles. The summed E-state index contributed by atoms with van der Waals surface area (Å²) >= 11 is 0. The summed E-state index contributed by atoms with van der Waals surface area (Å²) in [6, 6.07) is 3.26. The molecule has 0 fully saturated rings. The van der Waals surface area contributed by atoms with Crippen molar-refractivity contribution in [2.24, 2.45) is 0 Å². The first kappa shape index (κ1) is 9.10. The zero-order chi connectivity index (χ0) is 9.14. The van der Waals surface area contributed by atoms with Gasteiger partial charge < -0.3 is 0 Å². The number of benzene rings is 1. The molecule has 1 radical (unpaired) electrons. The molecule has 1 rings (SSSR count). The number of hydrogen-bond donors (Lipinski definition) is 0. The average Bonchev–Trinajstić information content (AvgIpc) is 2.08. The fourth-order valence-corrected chi connectivity index (χ4v) is 0.855. The highest BCUT2D eigenvalue weighted by Gasteiger charge is 2.08. The lowest BCUT2D eigenvalue weighted by atomic mass is 10.0. The van der Waals surface area contributed by atoms with E-state index in [1.54, 1.807) is 0 Å². The standard InChI is InChI=1S/C9H8F3/c1-6(5-10)7-2-3-8(11)9(12)4-7/h2-4,6H,1,5H2. The first-order chi connectivity index (χ1) is 5.65. The van der Waals surface area contributed by atoms with Gasteiger partial charge in [0.05, 0.1) is 6.67 Å². The van der Waals surface area contributed by atoms with Crippen LogP contribution in [0.2, 0.25) is 0 Å². The fourth-order valence-electron chi connectivity index (χ4n) is 0.855. The zero-order valence-corrected chi connectivity index (χ0v) is 6.36. The van der Waals surface area contributed by atoms with E-state index < -0.39 is 24.2 Å². The van der Waals surface area contributed by atoms with Gasteiger partial charge in [0.25, 0.3) is 0 Å². The van der Waals surface area contributed by atoms with Crippen molar-refractivity contribution < 1.29 is 13.2 Å². The first-order valence-corrected chi connectivity index (χ1v) is 3.49. The molecule has 0 bridgehead atoms. The predicted octanol–water partition coefficient (Wildman–Crippen LogP) is 2.85. The second-order valence-corrected chi connectivity index (χ2v) is 2.52. The van der Waals surface area contributed by atoms with Crippen molar-refractivity contribution in [1.29, 1.82) is 0 Å². The van der Waals surface area contributed by atoms with E-state index in [1.165, 1.54) is 6.07 Å². The van der Waals surface area contributed by atoms with Crippen molar-refractivity contribution in [3.8, 4) is 0 Å². The van der Waals surface area contributed by atoms with Crippen molar-refractivity contribution >= 4 is 0 Å². The summed E-state index contributed by atoms with van der Waals surface area (Å²) in [5, 5.41) is 0. The topological polar surface area (TPSA) is 0 Å². The molecule has 0 nitrogen and oxygen atoms in total. The van der Waals surface area contributed by atoms with Crippen LogP contribution in [0.1, 0.15) is 11.5 Å². The van der Waals surface area contributed by atoms with Gasteiger partial charge in [0.15, 0.2) is 11.6 Å². The van der Waals surface area contributed by atoms with Crippen LogP contribution in [-0.2, 0) is 0 Å². The molecule has 0 saturated carbocycles. The average molecular weight is 173 g/mol. The molecule has 3 heteroatoms. The normalized spacial score (nSPS) is 13.0. The molecule has 0 amide bonds. The van der Waals surface area contributed by atoms with Crippen LogP contribution in [0.4, 0.5) is 13.2 Å². The van der Waals surface area contributed by atoms with Crippen molar-refractivity contribution in [1.82, 2.24) is 0 Å². The number of halogens is 3. The van der Waals surface area contributed by atoms with Crippen LogP contribution in [0.25, 0.3) is 0 Å². The van der Waals surface area contributed by atoms with E-state index in [2.05, 4.69) is 6.92 Å². The Morgan fingerprint density at radius 1 is 1.25 bits per heavy atom. The van der Waals surface area contributed by atoms with Gasteiger partial charge in [-0.1, -0.05) is 6.07 Å². The van der Waals surface area contributed by atoms with Crippen molar-refractivity contribution in [3.05, 3.63) is 42.3 Å². The van der Waals surface area contributed by atoms with E-state index in [9.17, 15) is 13.2 Å². The van der Waals surface area contributed by atoms with E-state index in [0.717, 1.165) is 12.1 Å². The van der Waals surface area contributed by atoms with Crippen LogP contribution in [0.3, 0.4) is 0 Å². The Labute approximate surface area is 69.0 Å². The van der Waals surface area contributed by atoms with Gasteiger partial charge in [-0.3, -0.25) is 4.39 Å². The highest BCUT2D eigenvalue weighted by molar-refractivity contribution is 5.22. The minimum Gasteiger partial charge on any atom is -0.250 e. The fraction of sp³-hybridized carbons (Fsp3) is 0.222. The maximum Gasteiger partial charge on any atom is 0.159 e. The third-order valence-corrected chi connectivity index (χ3v) is 1.60. The number of hydrogen-bond acceptors (Lipinski definition) is 0. The van der Waals surface area contributed by atoms with Crippen LogP contribution in [0, 0.1) is 18.6 Å². The minimum absolute atomic E-state index is 0.372. The smallest absolute Gasteiger partial charge is 0.159 e. The van der Waals surface area contributed by atoms with Gasteiger partial charge in [0.1, 0.15) is 0 Å². The molecular weight excluding hydrogens is 165 g/mol. The van der Waals surface area contributed by atoms with E-state index in [4.69, 9.17) is 0 Å². The number of rotatable bonds is 2. The molecule has 0 aliphatic heterocycles. The van der Waals surface area contributed by atoms with Gasteiger partial charge >= 0.3 is 0 Å². The van der Waals surface area contributed by atoms with Crippen LogP contribution < -0.4 is 0 Å². The van der Waals surface area contributed by atoms with Crippen molar-refractivity contribution in [2.45, 2.75) is 5.92 Å². The van der Waals surface area contributed by atoms with Crippen LogP contribution in [-0.4, -0.2) is 6.67 Å². The van der Waals surface area contributed by atoms with Crippen LogP contribution >= 0.6 is 0 Å². The van der Waals surface area contributed by atoms with E-state index in [-0.39, 0.29) is 0 Å². The van der Waals surface area contributed by atoms with Gasteiger partial charge in [-0.15, -0.1) is 0 Å². The highest BCUT2D eigenvalue weighted by Crippen LogP contribution is 2.17. The van der Waals surface area contributed by atoms with Crippen LogP contribution in [0.5, 0.6) is 0 Å². The lowest BCUT2D eigenvalue weighted by molar-refractivity contribution is 0.461. The summed E-state index contributed by atoms with van der Waals surface area (Å²) in [7, 11) is 0. The molecule has 1 atom stereocenters. The molecule has 0 N–H and O–H groups in total. The Morgan fingerprint density at radius 3 is 2.42 bits per heavy atom. The van der Waals surface area contributed by atoms with E-state index in [1.807, 2.05) is 0 Å². The molecule has 0 heterocycles. The third-order valence-electron chi connectivity index (χ3n) is 1.60. The van der Waals surface area contributed by atoms with E-state index >= 15 is 0 Å². The summed E-state index contributed by atoms with van der Waals surface area (Å²) in [5.74, 6) is -2.51. The zero-order valence-electron chi connectivity index (χ0n) is 6.36. The van der Waals surface area contributed by atoms with Gasteiger partial charge in [-0.25, -0.2) is 8.78 Å². The monoisotopic (exact) mass is 173 g/mol. The Bertz CT molecular complexity index is 270. The van der Waals surface area contributed by atoms with Crippen LogP contribution in [0.15, 0.2) is 18.2 Å². The molecule has 1 unspecified atom stereocenters. The first-order valence-electron chi connectivity index (χ1n) is 3.49.